The predicted molar refractivity (Wildman–Crippen MR) is 121 cm³/mol. The summed E-state index contributed by atoms with van der Waals surface area (Å²) in [6, 6.07) is 28.5. The lowest BCUT2D eigenvalue weighted by Gasteiger charge is -2.12. The van der Waals surface area contributed by atoms with Gasteiger partial charge in [-0.1, -0.05) is 88.2 Å². The molecule has 0 atom stereocenters. The summed E-state index contributed by atoms with van der Waals surface area (Å²) in [6.07, 6.45) is 0. The van der Waals surface area contributed by atoms with E-state index in [1.165, 1.54) is 0 Å². The fourth-order valence-electron chi connectivity index (χ4n) is 3.49. The van der Waals surface area contributed by atoms with Crippen LogP contribution in [0.1, 0.15) is 0 Å². The SMILES string of the molecule is Clc1cc(Br)cc(-c2nc(-c3ccccc3)c3ccc4ccccc4c3n2)c1. The first-order valence-corrected chi connectivity index (χ1v) is 10.1. The average molecular weight is 446 g/mol. The monoisotopic (exact) mass is 444 g/mol. The van der Waals surface area contributed by atoms with Crippen LogP contribution in [-0.2, 0) is 0 Å². The van der Waals surface area contributed by atoms with Crippen molar-refractivity contribution in [3.05, 3.63) is 94.4 Å². The molecule has 2 nitrogen and oxygen atoms in total. The summed E-state index contributed by atoms with van der Waals surface area (Å²) in [5.41, 5.74) is 3.81. The van der Waals surface area contributed by atoms with Crippen molar-refractivity contribution >= 4 is 49.2 Å². The molecule has 0 saturated heterocycles. The van der Waals surface area contributed by atoms with Gasteiger partial charge in [-0.25, -0.2) is 9.97 Å². The first-order chi connectivity index (χ1) is 13.7. The highest BCUT2D eigenvalue weighted by atomic mass is 79.9. The maximum Gasteiger partial charge on any atom is 0.160 e. The summed E-state index contributed by atoms with van der Waals surface area (Å²) < 4.78 is 0.901. The summed E-state index contributed by atoms with van der Waals surface area (Å²) in [6.45, 7) is 0. The average Bonchev–Trinajstić information content (AvgIpc) is 2.73. The highest BCUT2D eigenvalue weighted by Gasteiger charge is 2.14. The molecule has 0 unspecified atom stereocenters. The highest BCUT2D eigenvalue weighted by Crippen LogP contribution is 2.34. The Morgan fingerprint density at radius 1 is 0.679 bits per heavy atom. The van der Waals surface area contributed by atoms with Gasteiger partial charge < -0.3 is 0 Å². The van der Waals surface area contributed by atoms with Crippen molar-refractivity contribution in [2.75, 3.05) is 0 Å². The Hall–Kier alpha value is -2.75. The maximum absolute atomic E-state index is 6.28. The van der Waals surface area contributed by atoms with Gasteiger partial charge in [-0.05, 0) is 29.7 Å². The van der Waals surface area contributed by atoms with Crippen molar-refractivity contribution in [2.24, 2.45) is 0 Å². The number of hydrogen-bond acceptors (Lipinski definition) is 2. The van der Waals surface area contributed by atoms with Gasteiger partial charge in [0.1, 0.15) is 0 Å². The summed E-state index contributed by atoms with van der Waals surface area (Å²) >= 11 is 9.81. The van der Waals surface area contributed by atoms with Crippen molar-refractivity contribution < 1.29 is 0 Å². The Kier molecular flexibility index (Phi) is 4.34. The second-order valence-electron chi connectivity index (χ2n) is 6.60. The molecule has 0 N–H and O–H groups in total. The number of hydrogen-bond donors (Lipinski definition) is 0. The molecule has 0 spiro atoms. The minimum Gasteiger partial charge on any atom is -0.227 e. The maximum atomic E-state index is 6.28. The zero-order chi connectivity index (χ0) is 19.1. The summed E-state index contributed by atoms with van der Waals surface area (Å²) in [7, 11) is 0. The lowest BCUT2D eigenvalue weighted by Crippen LogP contribution is -1.96. The Balaban J connectivity index is 1.90. The van der Waals surface area contributed by atoms with Crippen molar-refractivity contribution in [1.82, 2.24) is 9.97 Å². The van der Waals surface area contributed by atoms with E-state index < -0.39 is 0 Å². The van der Waals surface area contributed by atoms with Gasteiger partial charge in [0.25, 0.3) is 0 Å². The summed E-state index contributed by atoms with van der Waals surface area (Å²) in [4.78, 5) is 9.89. The fourth-order valence-corrected chi connectivity index (χ4v) is 4.35. The van der Waals surface area contributed by atoms with Gasteiger partial charge in [0.05, 0.1) is 11.2 Å². The molecular weight excluding hydrogens is 432 g/mol. The second-order valence-corrected chi connectivity index (χ2v) is 7.95. The molecule has 0 radical (unpaired) electrons. The van der Waals surface area contributed by atoms with E-state index in [1.807, 2.05) is 48.5 Å². The largest absolute Gasteiger partial charge is 0.227 e. The zero-order valence-electron chi connectivity index (χ0n) is 14.7. The number of fused-ring (bicyclic) bond motifs is 3. The van der Waals surface area contributed by atoms with E-state index in [0.717, 1.165) is 43.0 Å². The minimum atomic E-state index is 0.646. The molecule has 1 heterocycles. The number of halogens is 2. The van der Waals surface area contributed by atoms with Crippen LogP contribution in [0.25, 0.3) is 44.3 Å². The molecule has 28 heavy (non-hydrogen) atoms. The van der Waals surface area contributed by atoms with Gasteiger partial charge >= 0.3 is 0 Å². The van der Waals surface area contributed by atoms with Crippen LogP contribution in [0.3, 0.4) is 0 Å². The molecule has 0 saturated carbocycles. The third-order valence-electron chi connectivity index (χ3n) is 4.76. The van der Waals surface area contributed by atoms with Crippen LogP contribution in [-0.4, -0.2) is 9.97 Å². The van der Waals surface area contributed by atoms with E-state index in [2.05, 4.69) is 52.3 Å². The van der Waals surface area contributed by atoms with E-state index in [4.69, 9.17) is 21.6 Å². The van der Waals surface area contributed by atoms with Gasteiger partial charge in [0.15, 0.2) is 5.82 Å². The topological polar surface area (TPSA) is 25.8 Å². The molecule has 5 rings (SSSR count). The smallest absolute Gasteiger partial charge is 0.160 e. The minimum absolute atomic E-state index is 0.646. The normalized spacial score (nSPS) is 11.2. The first-order valence-electron chi connectivity index (χ1n) is 8.90. The lowest BCUT2D eigenvalue weighted by atomic mass is 10.0. The molecule has 1 aromatic heterocycles. The Morgan fingerprint density at radius 3 is 2.29 bits per heavy atom. The summed E-state index contributed by atoms with van der Waals surface area (Å²) in [5.74, 6) is 0.658. The van der Waals surface area contributed by atoms with Crippen molar-refractivity contribution in [3.8, 4) is 22.6 Å². The fraction of sp³-hybridized carbons (Fsp3) is 0. The quantitative estimate of drug-likeness (QED) is 0.262. The molecule has 0 fully saturated rings. The predicted octanol–water partition coefficient (Wildman–Crippen LogP) is 7.53. The third kappa shape index (κ3) is 3.07. The Labute approximate surface area is 176 Å². The zero-order valence-corrected chi connectivity index (χ0v) is 17.1. The van der Waals surface area contributed by atoms with Gasteiger partial charge in [0, 0.05) is 31.4 Å². The lowest BCUT2D eigenvalue weighted by molar-refractivity contribution is 1.23. The van der Waals surface area contributed by atoms with Crippen LogP contribution in [0.4, 0.5) is 0 Å². The van der Waals surface area contributed by atoms with Crippen LogP contribution < -0.4 is 0 Å². The van der Waals surface area contributed by atoms with E-state index in [-0.39, 0.29) is 0 Å². The second kappa shape index (κ2) is 7.01. The van der Waals surface area contributed by atoms with Crippen LogP contribution in [0.5, 0.6) is 0 Å². The third-order valence-corrected chi connectivity index (χ3v) is 5.44. The molecule has 4 heteroatoms. The molecule has 0 aliphatic heterocycles. The molecule has 5 aromatic rings. The Bertz CT molecular complexity index is 1310. The van der Waals surface area contributed by atoms with E-state index >= 15 is 0 Å². The first kappa shape index (κ1) is 17.4. The van der Waals surface area contributed by atoms with Crippen LogP contribution in [0.15, 0.2) is 89.4 Å². The van der Waals surface area contributed by atoms with Crippen LogP contribution >= 0.6 is 27.5 Å². The van der Waals surface area contributed by atoms with E-state index in [0.29, 0.717) is 10.8 Å². The van der Waals surface area contributed by atoms with Gasteiger partial charge in [-0.15, -0.1) is 0 Å². The van der Waals surface area contributed by atoms with Gasteiger partial charge in [-0.3, -0.25) is 0 Å². The van der Waals surface area contributed by atoms with Gasteiger partial charge in [-0.2, -0.15) is 0 Å². The van der Waals surface area contributed by atoms with Gasteiger partial charge in [0.2, 0.25) is 0 Å². The summed E-state index contributed by atoms with van der Waals surface area (Å²) in [5, 5.41) is 3.95. The van der Waals surface area contributed by atoms with Crippen molar-refractivity contribution in [3.63, 3.8) is 0 Å². The molecule has 0 bridgehead atoms. The van der Waals surface area contributed by atoms with Crippen LogP contribution in [0, 0.1) is 0 Å². The highest BCUT2D eigenvalue weighted by molar-refractivity contribution is 9.10. The standard InChI is InChI=1S/C24H14BrClN2/c25-18-12-17(13-19(26)14-18)24-27-22(16-7-2-1-3-8-16)21-11-10-15-6-4-5-9-20(15)23(21)28-24/h1-14H. The number of aromatic nitrogens is 2. The molecule has 0 aliphatic carbocycles. The molecule has 4 aromatic carbocycles. The molecule has 0 amide bonds. The molecule has 134 valence electrons. The van der Waals surface area contributed by atoms with Crippen molar-refractivity contribution in [2.45, 2.75) is 0 Å². The number of nitrogens with zero attached hydrogens (tertiary/aromatic N) is 2. The number of benzene rings is 4. The molecular formula is C24H14BrClN2. The van der Waals surface area contributed by atoms with Crippen LogP contribution in [0.2, 0.25) is 5.02 Å². The van der Waals surface area contributed by atoms with E-state index in [9.17, 15) is 0 Å². The number of rotatable bonds is 2. The van der Waals surface area contributed by atoms with E-state index in [1.54, 1.807) is 0 Å². The Morgan fingerprint density at radius 2 is 1.46 bits per heavy atom. The molecule has 0 aliphatic rings. The van der Waals surface area contributed by atoms with Crippen molar-refractivity contribution in [1.29, 1.82) is 0 Å².